The number of halogens is 1. The van der Waals surface area contributed by atoms with Crippen molar-refractivity contribution in [1.82, 2.24) is 0 Å². The number of nitrogens with two attached hydrogens (primary N) is 1. The van der Waals surface area contributed by atoms with Gasteiger partial charge in [0.05, 0.1) is 6.61 Å². The van der Waals surface area contributed by atoms with Gasteiger partial charge in [0.2, 0.25) is 0 Å². The molecule has 0 aromatic heterocycles. The summed E-state index contributed by atoms with van der Waals surface area (Å²) in [5.41, 5.74) is 5.88. The van der Waals surface area contributed by atoms with Crippen molar-refractivity contribution in [2.45, 2.75) is 26.5 Å². The van der Waals surface area contributed by atoms with Crippen LogP contribution in [0.4, 0.5) is 4.39 Å². The third-order valence-corrected chi connectivity index (χ3v) is 2.05. The summed E-state index contributed by atoms with van der Waals surface area (Å²) in [6.07, 6.45) is 0. The van der Waals surface area contributed by atoms with Crippen LogP contribution in [0.25, 0.3) is 0 Å². The van der Waals surface area contributed by atoms with Crippen LogP contribution in [0.3, 0.4) is 0 Å². The molecular formula is C12H16FNO3. The van der Waals surface area contributed by atoms with Gasteiger partial charge < -0.3 is 15.2 Å². The van der Waals surface area contributed by atoms with E-state index in [1.807, 2.05) is 0 Å². The van der Waals surface area contributed by atoms with Crippen molar-refractivity contribution >= 4 is 5.97 Å². The van der Waals surface area contributed by atoms with E-state index in [0.717, 1.165) is 0 Å². The van der Waals surface area contributed by atoms with Gasteiger partial charge in [0, 0.05) is 0 Å². The van der Waals surface area contributed by atoms with E-state index in [1.54, 1.807) is 13.0 Å². The monoisotopic (exact) mass is 241 g/mol. The lowest BCUT2D eigenvalue weighted by atomic mass is 10.2. The maximum Gasteiger partial charge on any atom is 0.322 e. The Balaban J connectivity index is 2.61. The smallest absolute Gasteiger partial charge is 0.322 e. The molecule has 0 bridgehead atoms. The lowest BCUT2D eigenvalue weighted by Gasteiger charge is -2.09. The summed E-state index contributed by atoms with van der Waals surface area (Å²) >= 11 is 0. The molecule has 1 unspecified atom stereocenters. The van der Waals surface area contributed by atoms with E-state index in [1.165, 1.54) is 19.1 Å². The molecule has 0 aliphatic heterocycles. The Morgan fingerprint density at radius 1 is 1.53 bits per heavy atom. The number of ether oxygens (including phenoxy) is 2. The minimum absolute atomic E-state index is 0.00367. The van der Waals surface area contributed by atoms with Crippen LogP contribution >= 0.6 is 0 Å². The average molecular weight is 241 g/mol. The van der Waals surface area contributed by atoms with Gasteiger partial charge in [-0.1, -0.05) is 6.07 Å². The molecule has 0 saturated heterocycles. The van der Waals surface area contributed by atoms with Crippen molar-refractivity contribution in [3.8, 4) is 5.75 Å². The number of rotatable bonds is 5. The van der Waals surface area contributed by atoms with E-state index in [9.17, 15) is 9.18 Å². The second-order valence-electron chi connectivity index (χ2n) is 3.59. The van der Waals surface area contributed by atoms with Crippen LogP contribution in [0.15, 0.2) is 18.2 Å². The second-order valence-corrected chi connectivity index (χ2v) is 3.59. The van der Waals surface area contributed by atoms with E-state index in [2.05, 4.69) is 0 Å². The summed E-state index contributed by atoms with van der Waals surface area (Å²) in [6, 6.07) is 3.75. The normalized spacial score (nSPS) is 12.0. The first-order valence-electron chi connectivity index (χ1n) is 5.38. The number of carbonyl (C=O) groups excluding carboxylic acids is 1. The molecule has 94 valence electrons. The highest BCUT2D eigenvalue weighted by atomic mass is 19.1. The maximum absolute atomic E-state index is 13.4. The first-order chi connectivity index (χ1) is 8.04. The van der Waals surface area contributed by atoms with Crippen LogP contribution in [0.5, 0.6) is 5.75 Å². The van der Waals surface area contributed by atoms with E-state index in [4.69, 9.17) is 15.2 Å². The van der Waals surface area contributed by atoms with Crippen LogP contribution in [0, 0.1) is 5.82 Å². The number of carbonyl (C=O) groups is 1. The van der Waals surface area contributed by atoms with Gasteiger partial charge in [0.15, 0.2) is 11.6 Å². The largest absolute Gasteiger partial charge is 0.491 e. The zero-order valence-electron chi connectivity index (χ0n) is 9.90. The predicted molar refractivity (Wildman–Crippen MR) is 61.0 cm³/mol. The number of hydrogen-bond acceptors (Lipinski definition) is 4. The molecule has 1 aromatic carbocycles. The summed E-state index contributed by atoms with van der Waals surface area (Å²) in [4.78, 5) is 11.1. The van der Waals surface area contributed by atoms with E-state index in [-0.39, 0.29) is 12.4 Å². The Kier molecular flexibility index (Phi) is 4.90. The van der Waals surface area contributed by atoms with E-state index in [0.29, 0.717) is 12.2 Å². The molecule has 1 aromatic rings. The van der Waals surface area contributed by atoms with Gasteiger partial charge in [0.25, 0.3) is 0 Å². The highest BCUT2D eigenvalue weighted by Gasteiger charge is 2.10. The standard InChI is InChI=1S/C12H16FNO3/c1-3-16-11-5-4-9(6-10(11)13)7-17-12(15)8(2)14/h4-6,8H,3,7,14H2,1-2H3. The molecule has 17 heavy (non-hydrogen) atoms. The lowest BCUT2D eigenvalue weighted by molar-refractivity contribution is -0.146. The molecule has 0 fully saturated rings. The SMILES string of the molecule is CCOc1ccc(COC(=O)C(C)N)cc1F. The summed E-state index contributed by atoms with van der Waals surface area (Å²) in [5, 5.41) is 0. The topological polar surface area (TPSA) is 61.5 Å². The van der Waals surface area contributed by atoms with Crippen LogP contribution < -0.4 is 10.5 Å². The third kappa shape index (κ3) is 4.03. The maximum atomic E-state index is 13.4. The van der Waals surface area contributed by atoms with Crippen molar-refractivity contribution in [3.05, 3.63) is 29.6 Å². The van der Waals surface area contributed by atoms with Gasteiger partial charge in [0.1, 0.15) is 12.6 Å². The van der Waals surface area contributed by atoms with E-state index >= 15 is 0 Å². The van der Waals surface area contributed by atoms with Crippen molar-refractivity contribution in [2.24, 2.45) is 5.73 Å². The second kappa shape index (κ2) is 6.20. The molecule has 4 nitrogen and oxygen atoms in total. The molecule has 5 heteroatoms. The quantitative estimate of drug-likeness (QED) is 0.796. The zero-order chi connectivity index (χ0) is 12.8. The molecule has 1 rings (SSSR count). The summed E-state index contributed by atoms with van der Waals surface area (Å²) in [5.74, 6) is -0.796. The number of esters is 1. The Morgan fingerprint density at radius 2 is 2.24 bits per heavy atom. The molecule has 0 radical (unpaired) electrons. The third-order valence-electron chi connectivity index (χ3n) is 2.05. The van der Waals surface area contributed by atoms with Crippen molar-refractivity contribution in [3.63, 3.8) is 0 Å². The highest BCUT2D eigenvalue weighted by Crippen LogP contribution is 2.18. The minimum atomic E-state index is -0.678. The van der Waals surface area contributed by atoms with Crippen molar-refractivity contribution in [1.29, 1.82) is 0 Å². The lowest BCUT2D eigenvalue weighted by Crippen LogP contribution is -2.28. The fourth-order valence-corrected chi connectivity index (χ4v) is 1.19. The Bertz CT molecular complexity index is 393. The molecule has 0 spiro atoms. The first kappa shape index (κ1) is 13.4. The Labute approximate surface area is 99.5 Å². The van der Waals surface area contributed by atoms with E-state index < -0.39 is 17.8 Å². The first-order valence-corrected chi connectivity index (χ1v) is 5.38. The van der Waals surface area contributed by atoms with Crippen LogP contribution in [-0.4, -0.2) is 18.6 Å². The molecule has 1 atom stereocenters. The average Bonchev–Trinajstić information content (AvgIpc) is 2.29. The molecule has 0 saturated carbocycles. The minimum Gasteiger partial charge on any atom is -0.491 e. The fourth-order valence-electron chi connectivity index (χ4n) is 1.19. The molecule has 0 aliphatic carbocycles. The summed E-state index contributed by atoms with van der Waals surface area (Å²) in [6.45, 7) is 3.71. The Morgan fingerprint density at radius 3 is 2.76 bits per heavy atom. The number of hydrogen-bond donors (Lipinski definition) is 1. The molecule has 0 heterocycles. The highest BCUT2D eigenvalue weighted by molar-refractivity contribution is 5.74. The number of benzene rings is 1. The van der Waals surface area contributed by atoms with Gasteiger partial charge in [-0.3, -0.25) is 4.79 Å². The molecule has 0 aliphatic rings. The van der Waals surface area contributed by atoms with Crippen LogP contribution in [0.2, 0.25) is 0 Å². The van der Waals surface area contributed by atoms with Crippen molar-refractivity contribution < 1.29 is 18.7 Å². The fraction of sp³-hybridized carbons (Fsp3) is 0.417. The van der Waals surface area contributed by atoms with Crippen molar-refractivity contribution in [2.75, 3.05) is 6.61 Å². The summed E-state index contributed by atoms with van der Waals surface area (Å²) < 4.78 is 23.4. The zero-order valence-corrected chi connectivity index (χ0v) is 9.90. The molecule has 0 amide bonds. The summed E-state index contributed by atoms with van der Waals surface area (Å²) in [7, 11) is 0. The van der Waals surface area contributed by atoms with Gasteiger partial charge in [-0.2, -0.15) is 0 Å². The van der Waals surface area contributed by atoms with Crippen LogP contribution in [0.1, 0.15) is 19.4 Å². The molecular weight excluding hydrogens is 225 g/mol. The Hall–Kier alpha value is -1.62. The van der Waals surface area contributed by atoms with Gasteiger partial charge >= 0.3 is 5.97 Å². The van der Waals surface area contributed by atoms with Gasteiger partial charge in [-0.25, -0.2) is 4.39 Å². The molecule has 2 N–H and O–H groups in total. The van der Waals surface area contributed by atoms with Gasteiger partial charge in [-0.05, 0) is 31.5 Å². The van der Waals surface area contributed by atoms with Gasteiger partial charge in [-0.15, -0.1) is 0 Å². The predicted octanol–water partition coefficient (Wildman–Crippen LogP) is 1.61. The van der Waals surface area contributed by atoms with Crippen LogP contribution in [-0.2, 0) is 16.1 Å².